The van der Waals surface area contributed by atoms with E-state index in [9.17, 15) is 37.1 Å². The molecule has 0 spiro atoms. The minimum atomic E-state index is -4.58. The summed E-state index contributed by atoms with van der Waals surface area (Å²) in [5.41, 5.74) is 2.86. The van der Waals surface area contributed by atoms with Crippen LogP contribution < -0.4 is 21.7 Å². The molecule has 3 fully saturated rings. The Morgan fingerprint density at radius 1 is 1.15 bits per heavy atom. The molecule has 10 nitrogen and oxygen atoms in total. The van der Waals surface area contributed by atoms with Crippen LogP contribution in [0.2, 0.25) is 0 Å². The van der Waals surface area contributed by atoms with E-state index in [-0.39, 0.29) is 37.6 Å². The summed E-state index contributed by atoms with van der Waals surface area (Å²) in [5, 5.41) is 6.55. The average molecular weight is 489 g/mol. The zero-order chi connectivity index (χ0) is 25.3. The number of nitrogens with two attached hydrogens (primary N) is 1. The van der Waals surface area contributed by atoms with Crippen LogP contribution in [0.15, 0.2) is 0 Å². The molecule has 1 heterocycles. The Morgan fingerprint density at radius 3 is 2.29 bits per heavy atom. The van der Waals surface area contributed by atoms with Crippen molar-refractivity contribution in [1.82, 2.24) is 20.9 Å². The number of rotatable bonds is 9. The van der Waals surface area contributed by atoms with Crippen molar-refractivity contribution < 1.29 is 37.1 Å². The van der Waals surface area contributed by atoms with Crippen LogP contribution in [-0.4, -0.2) is 71.3 Å². The maximum atomic E-state index is 13.0. The molecule has 0 aromatic rings. The smallest absolute Gasteiger partial charge is 0.363 e. The summed E-state index contributed by atoms with van der Waals surface area (Å²) >= 11 is 0. The lowest BCUT2D eigenvalue weighted by Gasteiger charge is -2.30. The van der Waals surface area contributed by atoms with Gasteiger partial charge in [-0.05, 0) is 37.5 Å². The van der Waals surface area contributed by atoms with Crippen molar-refractivity contribution in [2.45, 2.75) is 75.7 Å². The molecule has 3 atom stereocenters. The summed E-state index contributed by atoms with van der Waals surface area (Å²) in [6.45, 7) is 1.42. The standard InChI is InChI=1S/C21H30F3N5O5/c1-11-7-14(18(33)27-13(16(31)17(25)32)8-12-3-2-4-12)29(10-11)15(30)9-26-19(34)28-20(5-6-20)21(22,23)24/h11-14H,2-10H2,1H3,(H2,25,32)(H,27,33)(H2,26,28,34)/t11-,13?,14?/m1/s1. The van der Waals surface area contributed by atoms with Crippen molar-refractivity contribution in [3.05, 3.63) is 0 Å². The number of nitrogens with one attached hydrogen (secondary N) is 3. The van der Waals surface area contributed by atoms with Gasteiger partial charge < -0.3 is 26.6 Å². The number of Topliss-reactive ketones (excluding diaryl/α,β-unsaturated/α-hetero) is 1. The van der Waals surface area contributed by atoms with Gasteiger partial charge in [0.25, 0.3) is 5.91 Å². The predicted molar refractivity (Wildman–Crippen MR) is 112 cm³/mol. The average Bonchev–Trinajstić information content (AvgIpc) is 3.40. The first kappa shape index (κ1) is 25.8. The number of alkyl halides is 3. The lowest BCUT2D eigenvalue weighted by atomic mass is 9.80. The number of carbonyl (C=O) groups excluding carboxylic acids is 5. The molecule has 3 rings (SSSR count). The van der Waals surface area contributed by atoms with E-state index in [0.717, 1.165) is 19.3 Å². The van der Waals surface area contributed by atoms with Gasteiger partial charge in [-0.25, -0.2) is 4.79 Å². The molecule has 190 valence electrons. The fourth-order valence-electron chi connectivity index (χ4n) is 4.43. The number of nitrogens with zero attached hydrogens (tertiary/aromatic N) is 1. The number of hydrogen-bond donors (Lipinski definition) is 4. The third kappa shape index (κ3) is 5.79. The molecule has 5 amide bonds. The van der Waals surface area contributed by atoms with Gasteiger partial charge in [0.2, 0.25) is 17.6 Å². The molecule has 1 aliphatic heterocycles. The zero-order valence-electron chi connectivity index (χ0n) is 18.9. The molecule has 3 aliphatic rings. The van der Waals surface area contributed by atoms with Gasteiger partial charge in [0, 0.05) is 6.54 Å². The molecule has 0 bridgehead atoms. The number of amides is 5. The second-order valence-electron chi connectivity index (χ2n) is 9.61. The lowest BCUT2D eigenvalue weighted by molar-refractivity contribution is -0.162. The van der Waals surface area contributed by atoms with Crippen molar-refractivity contribution >= 4 is 29.5 Å². The van der Waals surface area contributed by atoms with Crippen LogP contribution in [0, 0.1) is 11.8 Å². The SMILES string of the molecule is C[C@@H]1CC(C(=O)NC(CC2CCC2)C(=O)C(N)=O)N(C(=O)CNC(=O)NC2(C(F)(F)F)CC2)C1. The summed E-state index contributed by atoms with van der Waals surface area (Å²) in [6, 6.07) is -3.14. The number of hydrogen-bond acceptors (Lipinski definition) is 5. The molecule has 0 aromatic heterocycles. The van der Waals surface area contributed by atoms with Gasteiger partial charge in [0.1, 0.15) is 11.6 Å². The highest BCUT2D eigenvalue weighted by Crippen LogP contribution is 2.48. The van der Waals surface area contributed by atoms with E-state index in [1.54, 1.807) is 0 Å². The van der Waals surface area contributed by atoms with Gasteiger partial charge in [-0.15, -0.1) is 0 Å². The van der Waals surface area contributed by atoms with Gasteiger partial charge in [-0.3, -0.25) is 19.2 Å². The molecule has 13 heteroatoms. The fourth-order valence-corrected chi connectivity index (χ4v) is 4.43. The number of primary amides is 1. The minimum Gasteiger partial charge on any atom is -0.363 e. The summed E-state index contributed by atoms with van der Waals surface area (Å²) in [7, 11) is 0. The predicted octanol–water partition coefficient (Wildman–Crippen LogP) is 0.347. The van der Waals surface area contributed by atoms with Gasteiger partial charge in [0.15, 0.2) is 0 Å². The van der Waals surface area contributed by atoms with E-state index in [1.807, 2.05) is 12.2 Å². The van der Waals surface area contributed by atoms with Crippen LogP contribution in [0.3, 0.4) is 0 Å². The van der Waals surface area contributed by atoms with Crippen LogP contribution in [-0.2, 0) is 19.2 Å². The molecule has 5 N–H and O–H groups in total. The van der Waals surface area contributed by atoms with Gasteiger partial charge >= 0.3 is 12.2 Å². The first-order valence-electron chi connectivity index (χ1n) is 11.4. The van der Waals surface area contributed by atoms with E-state index in [0.29, 0.717) is 6.42 Å². The molecule has 2 saturated carbocycles. The highest BCUT2D eigenvalue weighted by Gasteiger charge is 2.64. The second-order valence-corrected chi connectivity index (χ2v) is 9.61. The van der Waals surface area contributed by atoms with Crippen molar-refractivity contribution in [1.29, 1.82) is 0 Å². The van der Waals surface area contributed by atoms with Gasteiger partial charge in [-0.1, -0.05) is 26.2 Å². The fraction of sp³-hybridized carbons (Fsp3) is 0.762. The Hall–Kier alpha value is -2.86. The molecular formula is C21H30F3N5O5. The monoisotopic (exact) mass is 489 g/mol. The zero-order valence-corrected chi connectivity index (χ0v) is 18.9. The molecule has 0 aromatic carbocycles. The number of likely N-dealkylation sites (tertiary alicyclic amines) is 1. The van der Waals surface area contributed by atoms with Gasteiger partial charge in [0.05, 0.1) is 12.6 Å². The molecule has 2 aliphatic carbocycles. The summed E-state index contributed by atoms with van der Waals surface area (Å²) < 4.78 is 39.0. The van der Waals surface area contributed by atoms with E-state index in [2.05, 4.69) is 10.6 Å². The summed E-state index contributed by atoms with van der Waals surface area (Å²) in [6.07, 6.45) is -1.69. The quantitative estimate of drug-likeness (QED) is 0.345. The third-order valence-electron chi connectivity index (χ3n) is 6.85. The van der Waals surface area contributed by atoms with Gasteiger partial charge in [-0.2, -0.15) is 13.2 Å². The number of ketones is 1. The van der Waals surface area contributed by atoms with Crippen LogP contribution >= 0.6 is 0 Å². The Kier molecular flexibility index (Phi) is 7.41. The molecule has 34 heavy (non-hydrogen) atoms. The van der Waals surface area contributed by atoms with E-state index in [4.69, 9.17) is 5.73 Å². The van der Waals surface area contributed by atoms with E-state index >= 15 is 0 Å². The van der Waals surface area contributed by atoms with Crippen molar-refractivity contribution in [2.75, 3.05) is 13.1 Å². The van der Waals surface area contributed by atoms with Crippen LogP contribution in [0.4, 0.5) is 18.0 Å². The molecule has 0 radical (unpaired) electrons. The van der Waals surface area contributed by atoms with Crippen LogP contribution in [0.5, 0.6) is 0 Å². The third-order valence-corrected chi connectivity index (χ3v) is 6.85. The number of urea groups is 1. The summed E-state index contributed by atoms with van der Waals surface area (Å²) in [4.78, 5) is 62.4. The topological polar surface area (TPSA) is 151 Å². The first-order valence-corrected chi connectivity index (χ1v) is 11.4. The Labute approximate surface area is 194 Å². The van der Waals surface area contributed by atoms with Crippen molar-refractivity contribution in [3.8, 4) is 0 Å². The van der Waals surface area contributed by atoms with Crippen molar-refractivity contribution in [3.63, 3.8) is 0 Å². The van der Waals surface area contributed by atoms with E-state index < -0.39 is 59.9 Å². The van der Waals surface area contributed by atoms with E-state index in [1.165, 1.54) is 4.90 Å². The molecular weight excluding hydrogens is 459 g/mol. The first-order chi connectivity index (χ1) is 15.8. The normalized spacial score (nSPS) is 24.5. The highest BCUT2D eigenvalue weighted by atomic mass is 19.4. The summed E-state index contributed by atoms with van der Waals surface area (Å²) in [5.74, 6) is -3.18. The molecule has 2 unspecified atom stereocenters. The Bertz CT molecular complexity index is 856. The highest BCUT2D eigenvalue weighted by molar-refractivity contribution is 6.37. The maximum Gasteiger partial charge on any atom is 0.411 e. The lowest BCUT2D eigenvalue weighted by Crippen LogP contribution is -2.55. The maximum absolute atomic E-state index is 13.0. The molecule has 1 saturated heterocycles. The Balaban J connectivity index is 1.57. The second kappa shape index (κ2) is 9.79. The van der Waals surface area contributed by atoms with Crippen LogP contribution in [0.25, 0.3) is 0 Å². The van der Waals surface area contributed by atoms with Crippen molar-refractivity contribution in [2.24, 2.45) is 17.6 Å². The minimum absolute atomic E-state index is 0.0644. The van der Waals surface area contributed by atoms with Crippen LogP contribution in [0.1, 0.15) is 51.9 Å². The largest absolute Gasteiger partial charge is 0.411 e. The number of halogens is 3. The number of carbonyl (C=O) groups is 5. The Morgan fingerprint density at radius 2 is 1.79 bits per heavy atom.